The Balaban J connectivity index is 4.56. The summed E-state index contributed by atoms with van der Waals surface area (Å²) in [5.41, 5.74) is 0.618. The molecule has 0 aromatic rings. The maximum Gasteiger partial charge on any atom is 0.0158 e. The maximum absolute atomic E-state index is 2.97. The van der Waals surface area contributed by atoms with Gasteiger partial charge in [-0.2, -0.15) is 0 Å². The fourth-order valence-electron chi connectivity index (χ4n) is 7.19. The van der Waals surface area contributed by atoms with Crippen LogP contribution < -0.4 is 0 Å². The minimum atomic E-state index is 0.309. The van der Waals surface area contributed by atoms with Crippen LogP contribution in [0.25, 0.3) is 0 Å². The van der Waals surface area contributed by atoms with Crippen molar-refractivity contribution >= 4 is 0 Å². The van der Waals surface area contributed by atoms with E-state index in [1.165, 1.54) is 199 Å². The number of rotatable bonds is 33. The van der Waals surface area contributed by atoms with Gasteiger partial charge in [0.25, 0.3) is 0 Å². The molecule has 0 fully saturated rings. The molecule has 0 radical (unpaired) electrons. The van der Waals surface area contributed by atoms with Crippen molar-refractivity contribution in [2.24, 2.45) is 0 Å². The van der Waals surface area contributed by atoms with Gasteiger partial charge in [-0.1, -0.05) is 194 Å². The average Bonchev–Trinajstić information content (AvgIpc) is 2.94. The molecule has 0 rings (SSSR count). The molecular formula is C40H83N. The van der Waals surface area contributed by atoms with Crippen molar-refractivity contribution in [1.29, 1.82) is 0 Å². The zero-order valence-corrected chi connectivity index (χ0v) is 30.4. The highest BCUT2D eigenvalue weighted by molar-refractivity contribution is 4.92. The number of hydrogen-bond acceptors (Lipinski definition) is 1. The molecule has 0 aromatic heterocycles. The summed E-state index contributed by atoms with van der Waals surface area (Å²) in [5, 5.41) is 0. The Labute approximate surface area is 263 Å². The van der Waals surface area contributed by atoms with Crippen LogP contribution in [0.15, 0.2) is 0 Å². The summed E-state index contributed by atoms with van der Waals surface area (Å²) in [6.07, 6.45) is 42.9. The molecule has 0 amide bonds. The van der Waals surface area contributed by atoms with Gasteiger partial charge >= 0.3 is 0 Å². The minimum Gasteiger partial charge on any atom is -0.293 e. The molecular weight excluding hydrogens is 494 g/mol. The Kier molecular flexibility index (Phi) is 28.7. The first-order valence-corrected chi connectivity index (χ1v) is 19.6. The maximum atomic E-state index is 2.97. The first-order valence-electron chi connectivity index (χ1n) is 19.6. The fourth-order valence-corrected chi connectivity index (χ4v) is 7.19. The van der Waals surface area contributed by atoms with Gasteiger partial charge in [0.05, 0.1) is 0 Å². The van der Waals surface area contributed by atoms with Crippen LogP contribution in [0.1, 0.15) is 241 Å². The normalized spacial score (nSPS) is 12.6. The summed E-state index contributed by atoms with van der Waals surface area (Å²) in [5.74, 6) is 0. The predicted molar refractivity (Wildman–Crippen MR) is 190 cm³/mol. The van der Waals surface area contributed by atoms with Gasteiger partial charge in [0.2, 0.25) is 0 Å². The summed E-state index contributed by atoms with van der Waals surface area (Å²) < 4.78 is 0. The lowest BCUT2D eigenvalue weighted by Crippen LogP contribution is -2.55. The highest BCUT2D eigenvalue weighted by Gasteiger charge is 2.36. The monoisotopic (exact) mass is 578 g/mol. The smallest absolute Gasteiger partial charge is 0.0158 e. The van der Waals surface area contributed by atoms with Crippen molar-refractivity contribution in [3.05, 3.63) is 0 Å². The highest BCUT2D eigenvalue weighted by atomic mass is 15.2. The highest BCUT2D eigenvalue weighted by Crippen LogP contribution is 2.34. The molecule has 41 heavy (non-hydrogen) atoms. The lowest BCUT2D eigenvalue weighted by molar-refractivity contribution is 0.00151. The molecule has 0 unspecified atom stereocenters. The molecule has 0 aliphatic heterocycles. The quantitative estimate of drug-likeness (QED) is 0.0701. The van der Waals surface area contributed by atoms with Crippen molar-refractivity contribution in [3.8, 4) is 0 Å². The van der Waals surface area contributed by atoms with E-state index in [9.17, 15) is 0 Å². The third-order valence-corrected chi connectivity index (χ3v) is 9.98. The molecule has 0 bridgehead atoms. The van der Waals surface area contributed by atoms with Crippen LogP contribution in [0.3, 0.4) is 0 Å². The molecule has 1 heteroatoms. The Morgan fingerprint density at radius 3 is 0.780 bits per heavy atom. The Hall–Kier alpha value is -0.0400. The number of nitrogens with zero attached hydrogens (tertiary/aromatic N) is 1. The van der Waals surface area contributed by atoms with Gasteiger partial charge in [-0.25, -0.2) is 0 Å². The van der Waals surface area contributed by atoms with Crippen molar-refractivity contribution < 1.29 is 0 Å². The van der Waals surface area contributed by atoms with Crippen LogP contribution in [0.2, 0.25) is 0 Å². The number of unbranched alkanes of at least 4 members (excludes halogenated alkanes) is 25. The third kappa shape index (κ3) is 25.0. The van der Waals surface area contributed by atoms with Crippen molar-refractivity contribution in [2.75, 3.05) is 6.54 Å². The van der Waals surface area contributed by atoms with Crippen LogP contribution >= 0.6 is 0 Å². The van der Waals surface area contributed by atoms with Crippen LogP contribution in [-0.4, -0.2) is 22.5 Å². The summed E-state index contributed by atoms with van der Waals surface area (Å²) >= 11 is 0. The van der Waals surface area contributed by atoms with Crippen LogP contribution in [0.5, 0.6) is 0 Å². The standard InChI is InChI=1S/C40H83N/c1-8-11-14-17-20-23-25-27-30-33-36-39(4,5)41(38-35-32-29-22-19-16-13-10-3)40(6,7)37-34-31-28-26-24-21-18-15-12-9-2/h8-38H2,1-7H3. The Morgan fingerprint density at radius 2 is 0.512 bits per heavy atom. The molecule has 0 aromatic carbocycles. The topological polar surface area (TPSA) is 3.24 Å². The predicted octanol–water partition coefficient (Wildman–Crippen LogP) is 14.6. The van der Waals surface area contributed by atoms with E-state index in [0.29, 0.717) is 11.1 Å². The molecule has 248 valence electrons. The van der Waals surface area contributed by atoms with Gasteiger partial charge in [-0.3, -0.25) is 4.90 Å². The summed E-state index contributed by atoms with van der Waals surface area (Å²) in [6, 6.07) is 0. The average molecular weight is 578 g/mol. The molecule has 0 aliphatic carbocycles. The van der Waals surface area contributed by atoms with Gasteiger partial charge in [0.1, 0.15) is 0 Å². The molecule has 0 aliphatic rings. The van der Waals surface area contributed by atoms with Crippen molar-refractivity contribution in [1.82, 2.24) is 4.90 Å². The first-order chi connectivity index (χ1) is 19.8. The van der Waals surface area contributed by atoms with E-state index in [0.717, 1.165) is 0 Å². The van der Waals surface area contributed by atoms with Gasteiger partial charge in [0, 0.05) is 11.1 Å². The largest absolute Gasteiger partial charge is 0.293 e. The zero-order valence-electron chi connectivity index (χ0n) is 30.4. The summed E-state index contributed by atoms with van der Waals surface area (Å²) in [4.78, 5) is 2.97. The number of hydrogen-bond donors (Lipinski definition) is 0. The fraction of sp³-hybridized carbons (Fsp3) is 1.00. The molecule has 0 atom stereocenters. The Bertz CT molecular complexity index is 471. The third-order valence-electron chi connectivity index (χ3n) is 9.98. The van der Waals surface area contributed by atoms with Crippen molar-refractivity contribution in [2.45, 2.75) is 252 Å². The SMILES string of the molecule is CCCCCCCCCCCCC(C)(C)N(CCCCCCCCCC)C(C)(C)CCCCCCCCCCCC. The minimum absolute atomic E-state index is 0.309. The zero-order chi connectivity index (χ0) is 30.5. The van der Waals surface area contributed by atoms with Gasteiger partial charge in [0.15, 0.2) is 0 Å². The second kappa shape index (κ2) is 28.7. The lowest BCUT2D eigenvalue weighted by Gasteiger charge is -2.49. The summed E-state index contributed by atoms with van der Waals surface area (Å²) in [7, 11) is 0. The van der Waals surface area contributed by atoms with Gasteiger partial charge in [-0.15, -0.1) is 0 Å². The second-order valence-corrected chi connectivity index (χ2v) is 15.1. The van der Waals surface area contributed by atoms with E-state index in [-0.39, 0.29) is 0 Å². The first kappa shape index (κ1) is 41.0. The van der Waals surface area contributed by atoms with E-state index >= 15 is 0 Å². The van der Waals surface area contributed by atoms with E-state index in [1.54, 1.807) is 0 Å². The van der Waals surface area contributed by atoms with E-state index in [1.807, 2.05) is 0 Å². The molecule has 0 saturated heterocycles. The van der Waals surface area contributed by atoms with Crippen LogP contribution in [-0.2, 0) is 0 Å². The molecule has 0 heterocycles. The summed E-state index contributed by atoms with van der Waals surface area (Å²) in [6.45, 7) is 18.6. The van der Waals surface area contributed by atoms with Crippen molar-refractivity contribution in [3.63, 3.8) is 0 Å². The second-order valence-electron chi connectivity index (χ2n) is 15.1. The van der Waals surface area contributed by atoms with E-state index in [4.69, 9.17) is 0 Å². The molecule has 1 nitrogen and oxygen atoms in total. The lowest BCUT2D eigenvalue weighted by atomic mass is 9.85. The van der Waals surface area contributed by atoms with Crippen LogP contribution in [0, 0.1) is 0 Å². The Morgan fingerprint density at radius 1 is 0.293 bits per heavy atom. The molecule has 0 spiro atoms. The van der Waals surface area contributed by atoms with Gasteiger partial charge in [-0.05, 0) is 53.5 Å². The van der Waals surface area contributed by atoms with Gasteiger partial charge < -0.3 is 0 Å². The van der Waals surface area contributed by atoms with E-state index < -0.39 is 0 Å². The molecule has 0 saturated carbocycles. The van der Waals surface area contributed by atoms with E-state index in [2.05, 4.69) is 53.4 Å². The molecule has 0 N–H and O–H groups in total. The van der Waals surface area contributed by atoms with Crippen LogP contribution in [0.4, 0.5) is 0 Å².